The monoisotopic (exact) mass is 286 g/mol. The number of amides is 1. The van der Waals surface area contributed by atoms with E-state index in [-0.39, 0.29) is 17.9 Å². The first-order chi connectivity index (χ1) is 10.2. The molecule has 1 heterocycles. The molecule has 2 aliphatic rings. The minimum absolute atomic E-state index is 0.0449. The predicted molar refractivity (Wildman–Crippen MR) is 86.3 cm³/mol. The summed E-state index contributed by atoms with van der Waals surface area (Å²) < 4.78 is 0. The van der Waals surface area contributed by atoms with Crippen LogP contribution < -0.4 is 10.6 Å². The van der Waals surface area contributed by atoms with Gasteiger partial charge in [-0.2, -0.15) is 0 Å². The standard InChI is InChI=1S/C18H26N2O/c1-13-16(11-15-9-5-6-10-17(15)20-13)18(21)19-12-14-7-3-2-4-8-14/h5-6,9-10,13-14,16,20H,2-4,7-8,11-12H2,1H3,(H,19,21). The van der Waals surface area contributed by atoms with E-state index >= 15 is 0 Å². The van der Waals surface area contributed by atoms with Crippen molar-refractivity contribution >= 4 is 11.6 Å². The van der Waals surface area contributed by atoms with Gasteiger partial charge in [-0.05, 0) is 43.7 Å². The molecule has 0 radical (unpaired) electrons. The number of para-hydroxylation sites is 1. The molecule has 1 aliphatic carbocycles. The van der Waals surface area contributed by atoms with Gasteiger partial charge in [-0.25, -0.2) is 0 Å². The summed E-state index contributed by atoms with van der Waals surface area (Å²) in [6.07, 6.45) is 7.43. The molecule has 3 nitrogen and oxygen atoms in total. The second kappa shape index (κ2) is 6.50. The van der Waals surface area contributed by atoms with Crippen molar-refractivity contribution in [1.29, 1.82) is 0 Å². The molecule has 2 atom stereocenters. The van der Waals surface area contributed by atoms with E-state index in [0.29, 0.717) is 5.92 Å². The first-order valence-electron chi connectivity index (χ1n) is 8.36. The number of nitrogens with one attached hydrogen (secondary N) is 2. The number of hydrogen-bond acceptors (Lipinski definition) is 2. The molecule has 1 aromatic rings. The van der Waals surface area contributed by atoms with Gasteiger partial charge in [0.05, 0.1) is 5.92 Å². The van der Waals surface area contributed by atoms with E-state index in [1.54, 1.807) is 0 Å². The summed E-state index contributed by atoms with van der Waals surface area (Å²) in [5.74, 6) is 0.959. The molecule has 114 valence electrons. The topological polar surface area (TPSA) is 41.1 Å². The van der Waals surface area contributed by atoms with Crippen LogP contribution in [0.3, 0.4) is 0 Å². The highest BCUT2D eigenvalue weighted by Gasteiger charge is 2.30. The largest absolute Gasteiger partial charge is 0.382 e. The Morgan fingerprint density at radius 1 is 1.24 bits per heavy atom. The van der Waals surface area contributed by atoms with Crippen LogP contribution in [0.25, 0.3) is 0 Å². The minimum Gasteiger partial charge on any atom is -0.382 e. The number of hydrogen-bond donors (Lipinski definition) is 2. The Kier molecular flexibility index (Phi) is 4.47. The molecule has 21 heavy (non-hydrogen) atoms. The van der Waals surface area contributed by atoms with Crippen molar-refractivity contribution in [2.45, 2.75) is 51.5 Å². The molecular weight excluding hydrogens is 260 g/mol. The summed E-state index contributed by atoms with van der Waals surface area (Å²) in [6.45, 7) is 2.98. The van der Waals surface area contributed by atoms with E-state index in [2.05, 4.69) is 29.7 Å². The molecule has 0 aromatic heterocycles. The molecular formula is C18H26N2O. The maximum Gasteiger partial charge on any atom is 0.225 e. The lowest BCUT2D eigenvalue weighted by atomic mass is 9.86. The van der Waals surface area contributed by atoms with Gasteiger partial charge in [-0.1, -0.05) is 37.5 Å². The second-order valence-corrected chi connectivity index (χ2v) is 6.65. The number of rotatable bonds is 3. The van der Waals surface area contributed by atoms with E-state index in [9.17, 15) is 4.79 Å². The number of carbonyl (C=O) groups excluding carboxylic acids is 1. The molecule has 3 rings (SSSR count). The van der Waals surface area contributed by atoms with E-state index in [4.69, 9.17) is 0 Å². The van der Waals surface area contributed by atoms with Crippen molar-refractivity contribution in [2.24, 2.45) is 11.8 Å². The van der Waals surface area contributed by atoms with Gasteiger partial charge in [-0.15, -0.1) is 0 Å². The van der Waals surface area contributed by atoms with Crippen molar-refractivity contribution in [2.75, 3.05) is 11.9 Å². The molecule has 1 fully saturated rings. The van der Waals surface area contributed by atoms with Crippen LogP contribution in [0.4, 0.5) is 5.69 Å². The van der Waals surface area contributed by atoms with Crippen LogP contribution in [0.1, 0.15) is 44.6 Å². The minimum atomic E-state index is 0.0449. The third kappa shape index (κ3) is 3.39. The molecule has 0 saturated heterocycles. The lowest BCUT2D eigenvalue weighted by Crippen LogP contribution is -2.44. The van der Waals surface area contributed by atoms with Gasteiger partial charge in [-0.3, -0.25) is 4.79 Å². The lowest BCUT2D eigenvalue weighted by Gasteiger charge is -2.32. The Morgan fingerprint density at radius 3 is 2.81 bits per heavy atom. The fourth-order valence-electron chi connectivity index (χ4n) is 3.69. The summed E-state index contributed by atoms with van der Waals surface area (Å²) in [5.41, 5.74) is 2.44. The van der Waals surface area contributed by atoms with E-state index in [0.717, 1.165) is 13.0 Å². The van der Waals surface area contributed by atoms with Gasteiger partial charge in [0.2, 0.25) is 5.91 Å². The number of fused-ring (bicyclic) bond motifs is 1. The third-order valence-electron chi connectivity index (χ3n) is 5.07. The fourth-order valence-corrected chi connectivity index (χ4v) is 3.69. The molecule has 3 heteroatoms. The van der Waals surface area contributed by atoms with Gasteiger partial charge < -0.3 is 10.6 Å². The SMILES string of the molecule is CC1Nc2ccccc2CC1C(=O)NCC1CCCCC1. The first kappa shape index (κ1) is 14.4. The number of carbonyl (C=O) groups is 1. The zero-order valence-electron chi connectivity index (χ0n) is 12.9. The van der Waals surface area contributed by atoms with Crippen LogP contribution in [-0.2, 0) is 11.2 Å². The Balaban J connectivity index is 1.57. The Labute approximate surface area is 127 Å². The van der Waals surface area contributed by atoms with Crippen LogP contribution in [0.2, 0.25) is 0 Å². The average Bonchev–Trinajstić information content (AvgIpc) is 2.53. The highest BCUT2D eigenvalue weighted by atomic mass is 16.1. The molecule has 2 unspecified atom stereocenters. The molecule has 0 spiro atoms. The number of anilines is 1. The number of benzene rings is 1. The second-order valence-electron chi connectivity index (χ2n) is 6.65. The van der Waals surface area contributed by atoms with Gasteiger partial charge in [0.15, 0.2) is 0 Å². The van der Waals surface area contributed by atoms with Crippen LogP contribution in [0.15, 0.2) is 24.3 Å². The van der Waals surface area contributed by atoms with Gasteiger partial charge in [0, 0.05) is 18.3 Å². The molecule has 0 bridgehead atoms. The van der Waals surface area contributed by atoms with Crippen molar-refractivity contribution in [3.05, 3.63) is 29.8 Å². The van der Waals surface area contributed by atoms with Gasteiger partial charge >= 0.3 is 0 Å². The molecule has 1 saturated carbocycles. The zero-order valence-corrected chi connectivity index (χ0v) is 12.9. The fraction of sp³-hybridized carbons (Fsp3) is 0.611. The van der Waals surface area contributed by atoms with Crippen LogP contribution in [-0.4, -0.2) is 18.5 Å². The Morgan fingerprint density at radius 2 is 2.00 bits per heavy atom. The van der Waals surface area contributed by atoms with Crippen molar-refractivity contribution in [3.63, 3.8) is 0 Å². The molecule has 1 amide bonds. The summed E-state index contributed by atoms with van der Waals surface area (Å²) >= 11 is 0. The van der Waals surface area contributed by atoms with Gasteiger partial charge in [0.1, 0.15) is 0 Å². The third-order valence-corrected chi connectivity index (χ3v) is 5.07. The lowest BCUT2D eigenvalue weighted by molar-refractivity contribution is -0.125. The van der Waals surface area contributed by atoms with Crippen LogP contribution >= 0.6 is 0 Å². The summed E-state index contributed by atoms with van der Waals surface area (Å²) in [5, 5.41) is 6.67. The summed E-state index contributed by atoms with van der Waals surface area (Å²) in [6, 6.07) is 8.51. The summed E-state index contributed by atoms with van der Waals surface area (Å²) in [7, 11) is 0. The van der Waals surface area contributed by atoms with Crippen LogP contribution in [0, 0.1) is 11.8 Å². The van der Waals surface area contributed by atoms with Crippen molar-refractivity contribution in [3.8, 4) is 0 Å². The normalized spacial score (nSPS) is 25.8. The highest BCUT2D eigenvalue weighted by Crippen LogP contribution is 2.28. The molecule has 2 N–H and O–H groups in total. The Hall–Kier alpha value is -1.51. The smallest absolute Gasteiger partial charge is 0.225 e. The highest BCUT2D eigenvalue weighted by molar-refractivity contribution is 5.81. The average molecular weight is 286 g/mol. The summed E-state index contributed by atoms with van der Waals surface area (Å²) in [4.78, 5) is 12.5. The van der Waals surface area contributed by atoms with Crippen molar-refractivity contribution in [1.82, 2.24) is 5.32 Å². The van der Waals surface area contributed by atoms with Gasteiger partial charge in [0.25, 0.3) is 0 Å². The zero-order chi connectivity index (χ0) is 14.7. The maximum absolute atomic E-state index is 12.5. The predicted octanol–water partition coefficient (Wildman–Crippen LogP) is 3.36. The Bertz CT molecular complexity index is 494. The maximum atomic E-state index is 12.5. The van der Waals surface area contributed by atoms with E-state index in [1.165, 1.54) is 43.4 Å². The molecule has 1 aliphatic heterocycles. The molecule has 1 aromatic carbocycles. The van der Waals surface area contributed by atoms with Crippen LogP contribution in [0.5, 0.6) is 0 Å². The van der Waals surface area contributed by atoms with Crippen molar-refractivity contribution < 1.29 is 4.79 Å². The first-order valence-corrected chi connectivity index (χ1v) is 8.36. The van der Waals surface area contributed by atoms with E-state index < -0.39 is 0 Å². The van der Waals surface area contributed by atoms with E-state index in [1.807, 2.05) is 12.1 Å². The quantitative estimate of drug-likeness (QED) is 0.894.